The van der Waals surface area contributed by atoms with E-state index in [1.54, 1.807) is 43.5 Å². The summed E-state index contributed by atoms with van der Waals surface area (Å²) in [7, 11) is 4.82. The molecule has 2 rings (SSSR count). The van der Waals surface area contributed by atoms with Crippen molar-refractivity contribution in [2.75, 3.05) is 47.6 Å². The zero-order valence-corrected chi connectivity index (χ0v) is 20.2. The average Bonchev–Trinajstić information content (AvgIpc) is 3.34. The minimum Gasteiger partial charge on any atom is -0.493 e. The lowest BCUT2D eigenvalue weighted by molar-refractivity contribution is -0.141. The largest absolute Gasteiger partial charge is 0.493 e. The van der Waals surface area contributed by atoms with Crippen LogP contribution in [0.3, 0.4) is 0 Å². The molecule has 2 amide bonds. The molecule has 182 valence electrons. The maximum Gasteiger partial charge on any atom is 0.242 e. The first-order valence-corrected chi connectivity index (χ1v) is 11.3. The summed E-state index contributed by atoms with van der Waals surface area (Å²) in [5.41, 5.74) is 1.02. The number of methoxy groups -OCH3 is 3. The van der Waals surface area contributed by atoms with Crippen LogP contribution in [0.15, 0.2) is 41.0 Å². The van der Waals surface area contributed by atoms with Crippen molar-refractivity contribution < 1.29 is 28.2 Å². The number of hydrogen-bond donors (Lipinski definition) is 0. The SMILES string of the molecule is CCCC(=O)N(CCCOC)CC(=O)N(CCc1ccc(OC)c(OC)c1)Cc1ccco1. The summed E-state index contributed by atoms with van der Waals surface area (Å²) in [6, 6.07) is 9.37. The van der Waals surface area contributed by atoms with Gasteiger partial charge < -0.3 is 28.4 Å². The Labute approximate surface area is 196 Å². The van der Waals surface area contributed by atoms with E-state index in [1.807, 2.05) is 31.2 Å². The second-order valence-electron chi connectivity index (χ2n) is 7.75. The van der Waals surface area contributed by atoms with Crippen LogP contribution in [0, 0.1) is 0 Å². The Morgan fingerprint density at radius 3 is 2.39 bits per heavy atom. The van der Waals surface area contributed by atoms with Gasteiger partial charge in [0.25, 0.3) is 0 Å². The number of carbonyl (C=O) groups is 2. The Bertz CT molecular complexity index is 853. The Morgan fingerprint density at radius 1 is 0.970 bits per heavy atom. The summed E-state index contributed by atoms with van der Waals surface area (Å²) in [4.78, 5) is 29.2. The molecule has 0 bridgehead atoms. The summed E-state index contributed by atoms with van der Waals surface area (Å²) in [6.45, 7) is 3.84. The topological polar surface area (TPSA) is 81.5 Å². The molecule has 0 aliphatic heterocycles. The van der Waals surface area contributed by atoms with Crippen LogP contribution >= 0.6 is 0 Å². The summed E-state index contributed by atoms with van der Waals surface area (Å²) in [5.74, 6) is 1.87. The van der Waals surface area contributed by atoms with Gasteiger partial charge in [-0.15, -0.1) is 0 Å². The van der Waals surface area contributed by atoms with E-state index < -0.39 is 0 Å². The maximum absolute atomic E-state index is 13.3. The lowest BCUT2D eigenvalue weighted by Crippen LogP contribution is -2.43. The van der Waals surface area contributed by atoms with Crippen LogP contribution in [0.1, 0.15) is 37.5 Å². The number of benzene rings is 1. The quantitative estimate of drug-likeness (QED) is 0.378. The van der Waals surface area contributed by atoms with Crippen LogP contribution in [0.2, 0.25) is 0 Å². The fourth-order valence-electron chi connectivity index (χ4n) is 3.51. The van der Waals surface area contributed by atoms with Crippen molar-refractivity contribution in [1.82, 2.24) is 9.80 Å². The van der Waals surface area contributed by atoms with E-state index in [9.17, 15) is 9.59 Å². The van der Waals surface area contributed by atoms with Gasteiger partial charge in [-0.3, -0.25) is 9.59 Å². The van der Waals surface area contributed by atoms with E-state index in [0.717, 1.165) is 12.0 Å². The first kappa shape index (κ1) is 26.3. The monoisotopic (exact) mass is 460 g/mol. The minimum atomic E-state index is -0.117. The van der Waals surface area contributed by atoms with E-state index in [0.29, 0.717) is 62.8 Å². The highest BCUT2D eigenvalue weighted by atomic mass is 16.5. The van der Waals surface area contributed by atoms with E-state index in [2.05, 4.69) is 0 Å². The molecule has 0 aliphatic carbocycles. The van der Waals surface area contributed by atoms with Gasteiger partial charge in [-0.05, 0) is 49.1 Å². The third-order valence-corrected chi connectivity index (χ3v) is 5.32. The van der Waals surface area contributed by atoms with Gasteiger partial charge in [-0.2, -0.15) is 0 Å². The van der Waals surface area contributed by atoms with Gasteiger partial charge >= 0.3 is 0 Å². The predicted octanol–water partition coefficient (Wildman–Crippen LogP) is 3.53. The van der Waals surface area contributed by atoms with Gasteiger partial charge in [0.2, 0.25) is 11.8 Å². The maximum atomic E-state index is 13.3. The van der Waals surface area contributed by atoms with Gasteiger partial charge in [0.15, 0.2) is 11.5 Å². The van der Waals surface area contributed by atoms with Crippen molar-refractivity contribution in [2.24, 2.45) is 0 Å². The highest BCUT2D eigenvalue weighted by Crippen LogP contribution is 2.27. The summed E-state index contributed by atoms with van der Waals surface area (Å²) in [5, 5.41) is 0. The molecule has 0 saturated carbocycles. The molecule has 0 fully saturated rings. The second-order valence-corrected chi connectivity index (χ2v) is 7.75. The van der Waals surface area contributed by atoms with Crippen LogP contribution < -0.4 is 9.47 Å². The van der Waals surface area contributed by atoms with Gasteiger partial charge in [0, 0.05) is 33.2 Å². The van der Waals surface area contributed by atoms with E-state index in [-0.39, 0.29) is 18.4 Å². The van der Waals surface area contributed by atoms with Crippen LogP contribution in [-0.4, -0.2) is 69.2 Å². The minimum absolute atomic E-state index is 0.0141. The van der Waals surface area contributed by atoms with Gasteiger partial charge in [0.05, 0.1) is 33.6 Å². The average molecular weight is 461 g/mol. The number of nitrogens with zero attached hydrogens (tertiary/aromatic N) is 2. The highest BCUT2D eigenvalue weighted by molar-refractivity contribution is 5.84. The second kappa shape index (κ2) is 14.2. The van der Waals surface area contributed by atoms with Gasteiger partial charge in [-0.1, -0.05) is 13.0 Å². The number of rotatable bonds is 15. The van der Waals surface area contributed by atoms with Crippen molar-refractivity contribution in [3.63, 3.8) is 0 Å². The van der Waals surface area contributed by atoms with Crippen LogP contribution in [0.4, 0.5) is 0 Å². The molecule has 0 saturated heterocycles. The van der Waals surface area contributed by atoms with E-state index in [4.69, 9.17) is 18.6 Å². The third-order valence-electron chi connectivity index (χ3n) is 5.32. The number of amides is 2. The van der Waals surface area contributed by atoms with Crippen molar-refractivity contribution in [3.05, 3.63) is 47.9 Å². The molecule has 8 nitrogen and oxygen atoms in total. The molecule has 1 aromatic carbocycles. The third kappa shape index (κ3) is 8.46. The number of hydrogen-bond acceptors (Lipinski definition) is 6. The smallest absolute Gasteiger partial charge is 0.242 e. The molecule has 8 heteroatoms. The number of ether oxygens (including phenoxy) is 3. The predicted molar refractivity (Wildman–Crippen MR) is 125 cm³/mol. The van der Waals surface area contributed by atoms with Crippen LogP contribution in [-0.2, 0) is 27.3 Å². The van der Waals surface area contributed by atoms with Crippen molar-refractivity contribution in [3.8, 4) is 11.5 Å². The van der Waals surface area contributed by atoms with Crippen molar-refractivity contribution in [1.29, 1.82) is 0 Å². The van der Waals surface area contributed by atoms with Gasteiger partial charge in [-0.25, -0.2) is 0 Å². The van der Waals surface area contributed by atoms with Crippen LogP contribution in [0.5, 0.6) is 11.5 Å². The Kier molecular flexibility index (Phi) is 11.3. The number of furan rings is 1. The fraction of sp³-hybridized carbons (Fsp3) is 0.520. The zero-order chi connectivity index (χ0) is 24.1. The molecular formula is C25H36N2O6. The summed E-state index contributed by atoms with van der Waals surface area (Å²) >= 11 is 0. The summed E-state index contributed by atoms with van der Waals surface area (Å²) < 4.78 is 21.3. The fourth-order valence-corrected chi connectivity index (χ4v) is 3.51. The normalized spacial score (nSPS) is 10.7. The standard InChI is InChI=1S/C25H36N2O6/c1-5-8-24(28)26(13-7-15-30-2)19-25(29)27(18-21-9-6-16-33-21)14-12-20-10-11-22(31-3)23(17-20)32-4/h6,9-11,16-17H,5,7-8,12-15,18-19H2,1-4H3. The molecular weight excluding hydrogens is 424 g/mol. The van der Waals surface area contributed by atoms with E-state index >= 15 is 0 Å². The molecule has 0 N–H and O–H groups in total. The first-order valence-electron chi connectivity index (χ1n) is 11.3. The van der Waals surface area contributed by atoms with Crippen molar-refractivity contribution >= 4 is 11.8 Å². The Morgan fingerprint density at radius 2 is 1.76 bits per heavy atom. The molecule has 0 aliphatic rings. The molecule has 1 heterocycles. The van der Waals surface area contributed by atoms with E-state index in [1.165, 1.54) is 0 Å². The Balaban J connectivity index is 2.12. The zero-order valence-electron chi connectivity index (χ0n) is 20.2. The lowest BCUT2D eigenvalue weighted by Gasteiger charge is -2.27. The molecule has 0 atom stereocenters. The summed E-state index contributed by atoms with van der Waals surface area (Å²) in [6.07, 6.45) is 4.06. The molecule has 0 spiro atoms. The van der Waals surface area contributed by atoms with Crippen molar-refractivity contribution in [2.45, 2.75) is 39.2 Å². The van der Waals surface area contributed by atoms with Crippen LogP contribution in [0.25, 0.3) is 0 Å². The van der Waals surface area contributed by atoms with Gasteiger partial charge in [0.1, 0.15) is 5.76 Å². The Hall–Kier alpha value is -3.00. The number of carbonyl (C=O) groups excluding carboxylic acids is 2. The molecule has 0 radical (unpaired) electrons. The highest BCUT2D eigenvalue weighted by Gasteiger charge is 2.22. The molecule has 33 heavy (non-hydrogen) atoms. The lowest BCUT2D eigenvalue weighted by atomic mass is 10.1. The first-order chi connectivity index (χ1) is 16.0. The molecule has 2 aromatic rings. The molecule has 0 unspecified atom stereocenters. The molecule has 1 aromatic heterocycles.